The Balaban J connectivity index is 2.41. The molecule has 0 saturated heterocycles. The molecule has 0 unspecified atom stereocenters. The number of nitrogens with one attached hydrogen (secondary N) is 1. The minimum absolute atomic E-state index is 0.131. The average Bonchev–Trinajstić information content (AvgIpc) is 2.40. The van der Waals surface area contributed by atoms with E-state index in [0.29, 0.717) is 6.54 Å². The van der Waals surface area contributed by atoms with Gasteiger partial charge in [0.25, 0.3) is 0 Å². The van der Waals surface area contributed by atoms with Crippen molar-refractivity contribution in [3.63, 3.8) is 0 Å². The predicted molar refractivity (Wildman–Crippen MR) is 39.6 cm³/mol. The minimum Gasteiger partial charge on any atom is -0.469 e. The number of hydrogen-bond acceptors (Lipinski definition) is 3. The molecule has 1 aromatic heterocycles. The highest BCUT2D eigenvalue weighted by Gasteiger charge is 2.16. The first kappa shape index (κ1) is 6.61. The van der Waals surface area contributed by atoms with Crippen LogP contribution < -0.4 is 5.32 Å². The fourth-order valence-corrected chi connectivity index (χ4v) is 1.28. The van der Waals surface area contributed by atoms with Crippen LogP contribution in [0.2, 0.25) is 0 Å². The van der Waals surface area contributed by atoms with E-state index in [4.69, 9.17) is 4.42 Å². The van der Waals surface area contributed by atoms with Gasteiger partial charge in [0, 0.05) is 13.0 Å². The molecule has 1 aromatic rings. The summed E-state index contributed by atoms with van der Waals surface area (Å²) >= 11 is 0. The van der Waals surface area contributed by atoms with Gasteiger partial charge in [-0.05, 0) is 6.07 Å². The molecular weight excluding hydrogens is 142 g/mol. The van der Waals surface area contributed by atoms with E-state index in [1.54, 1.807) is 12.3 Å². The second kappa shape index (κ2) is 2.51. The highest BCUT2D eigenvalue weighted by molar-refractivity contribution is 5.98. The van der Waals surface area contributed by atoms with E-state index in [-0.39, 0.29) is 5.78 Å². The van der Waals surface area contributed by atoms with E-state index in [9.17, 15) is 4.79 Å². The molecule has 11 heavy (non-hydrogen) atoms. The summed E-state index contributed by atoms with van der Waals surface area (Å²) < 4.78 is 5.15. The van der Waals surface area contributed by atoms with Crippen molar-refractivity contribution in [2.24, 2.45) is 0 Å². The Morgan fingerprint density at radius 2 is 2.45 bits per heavy atom. The Bertz CT molecular complexity index is 277. The molecule has 58 valence electrons. The number of fused-ring (bicyclic) bond motifs is 1. The van der Waals surface area contributed by atoms with Crippen LogP contribution in [-0.2, 0) is 6.42 Å². The standard InChI is InChI=1S/C8H9NO2/c10-7-5-9-3-1-8-6(7)2-4-11-8/h2,4,9H,1,3,5H2. The Kier molecular flexibility index (Phi) is 1.51. The largest absolute Gasteiger partial charge is 0.469 e. The lowest BCUT2D eigenvalue weighted by Crippen LogP contribution is -2.21. The van der Waals surface area contributed by atoms with Crippen molar-refractivity contribution < 1.29 is 9.21 Å². The monoisotopic (exact) mass is 151 g/mol. The van der Waals surface area contributed by atoms with E-state index in [1.807, 2.05) is 0 Å². The molecule has 0 amide bonds. The van der Waals surface area contributed by atoms with Gasteiger partial charge in [0.2, 0.25) is 0 Å². The third kappa shape index (κ3) is 1.07. The van der Waals surface area contributed by atoms with Gasteiger partial charge in [-0.2, -0.15) is 0 Å². The predicted octanol–water partition coefficient (Wildman–Crippen LogP) is 0.608. The summed E-state index contributed by atoms with van der Waals surface area (Å²) in [6.07, 6.45) is 2.39. The molecule has 3 heteroatoms. The minimum atomic E-state index is 0.131. The quantitative estimate of drug-likeness (QED) is 0.590. The van der Waals surface area contributed by atoms with Gasteiger partial charge in [-0.15, -0.1) is 0 Å². The zero-order valence-electron chi connectivity index (χ0n) is 6.09. The highest BCUT2D eigenvalue weighted by Crippen LogP contribution is 2.13. The Hall–Kier alpha value is -1.09. The fourth-order valence-electron chi connectivity index (χ4n) is 1.28. The summed E-state index contributed by atoms with van der Waals surface area (Å²) in [5.74, 6) is 0.950. The Morgan fingerprint density at radius 1 is 1.55 bits per heavy atom. The smallest absolute Gasteiger partial charge is 0.180 e. The van der Waals surface area contributed by atoms with Crippen LogP contribution in [-0.4, -0.2) is 18.9 Å². The normalized spacial score (nSPS) is 17.6. The molecule has 1 aliphatic heterocycles. The zero-order chi connectivity index (χ0) is 7.68. The lowest BCUT2D eigenvalue weighted by molar-refractivity contribution is 0.0993. The van der Waals surface area contributed by atoms with Crippen molar-refractivity contribution in [1.82, 2.24) is 5.32 Å². The van der Waals surface area contributed by atoms with Crippen LogP contribution in [0.25, 0.3) is 0 Å². The Labute approximate surface area is 64.4 Å². The van der Waals surface area contributed by atoms with Crippen LogP contribution in [0.15, 0.2) is 16.7 Å². The highest BCUT2D eigenvalue weighted by atomic mass is 16.3. The summed E-state index contributed by atoms with van der Waals surface area (Å²) in [4.78, 5) is 11.2. The number of hydrogen-bond donors (Lipinski definition) is 1. The van der Waals surface area contributed by atoms with E-state index in [1.165, 1.54) is 0 Å². The maximum absolute atomic E-state index is 11.2. The number of rotatable bonds is 0. The maximum Gasteiger partial charge on any atom is 0.180 e. The molecule has 0 saturated carbocycles. The van der Waals surface area contributed by atoms with E-state index < -0.39 is 0 Å². The molecular formula is C8H9NO2. The first-order valence-corrected chi connectivity index (χ1v) is 3.68. The molecule has 2 rings (SSSR count). The zero-order valence-corrected chi connectivity index (χ0v) is 6.09. The summed E-state index contributed by atoms with van der Waals surface area (Å²) in [7, 11) is 0. The third-order valence-corrected chi connectivity index (χ3v) is 1.86. The van der Waals surface area contributed by atoms with Gasteiger partial charge < -0.3 is 9.73 Å². The molecule has 0 radical (unpaired) electrons. The van der Waals surface area contributed by atoms with Gasteiger partial charge in [-0.25, -0.2) is 0 Å². The molecule has 0 bridgehead atoms. The van der Waals surface area contributed by atoms with Crippen molar-refractivity contribution >= 4 is 5.78 Å². The van der Waals surface area contributed by atoms with Crippen molar-refractivity contribution in [2.75, 3.05) is 13.1 Å². The summed E-state index contributed by atoms with van der Waals surface area (Å²) in [6.45, 7) is 1.26. The lowest BCUT2D eigenvalue weighted by Gasteiger charge is -1.92. The number of Topliss-reactive ketones (excluding diaryl/α,β-unsaturated/α-hetero) is 1. The van der Waals surface area contributed by atoms with Crippen LogP contribution in [0.5, 0.6) is 0 Å². The molecule has 1 N–H and O–H groups in total. The first-order valence-electron chi connectivity index (χ1n) is 3.68. The van der Waals surface area contributed by atoms with E-state index >= 15 is 0 Å². The SMILES string of the molecule is O=C1CNCCc2occc21. The molecule has 3 nitrogen and oxygen atoms in total. The van der Waals surface area contributed by atoms with Crippen molar-refractivity contribution in [1.29, 1.82) is 0 Å². The summed E-state index contributed by atoms with van der Waals surface area (Å²) in [6, 6.07) is 1.74. The number of furan rings is 1. The van der Waals surface area contributed by atoms with Gasteiger partial charge in [0.1, 0.15) is 5.76 Å². The second-order valence-corrected chi connectivity index (χ2v) is 2.61. The second-order valence-electron chi connectivity index (χ2n) is 2.61. The number of ketones is 1. The molecule has 2 heterocycles. The van der Waals surface area contributed by atoms with Crippen molar-refractivity contribution in [3.05, 3.63) is 23.7 Å². The van der Waals surface area contributed by atoms with Crippen LogP contribution in [0.3, 0.4) is 0 Å². The van der Waals surface area contributed by atoms with Crippen LogP contribution >= 0.6 is 0 Å². The first-order chi connectivity index (χ1) is 5.38. The van der Waals surface area contributed by atoms with Crippen molar-refractivity contribution in [2.45, 2.75) is 6.42 Å². The van der Waals surface area contributed by atoms with Gasteiger partial charge in [0.15, 0.2) is 5.78 Å². The van der Waals surface area contributed by atoms with Gasteiger partial charge in [-0.1, -0.05) is 0 Å². The summed E-state index contributed by atoms with van der Waals surface area (Å²) in [5.41, 5.74) is 0.745. The van der Waals surface area contributed by atoms with E-state index in [2.05, 4.69) is 5.32 Å². The van der Waals surface area contributed by atoms with Crippen LogP contribution in [0.4, 0.5) is 0 Å². The van der Waals surface area contributed by atoms with Gasteiger partial charge >= 0.3 is 0 Å². The van der Waals surface area contributed by atoms with Crippen LogP contribution in [0, 0.1) is 0 Å². The molecule has 0 atom stereocenters. The number of carbonyl (C=O) groups excluding carboxylic acids is 1. The van der Waals surface area contributed by atoms with Crippen LogP contribution in [0.1, 0.15) is 16.1 Å². The topological polar surface area (TPSA) is 42.2 Å². The molecule has 0 fully saturated rings. The molecule has 0 aromatic carbocycles. The fraction of sp³-hybridized carbons (Fsp3) is 0.375. The maximum atomic E-state index is 11.2. The van der Waals surface area contributed by atoms with Gasteiger partial charge in [-0.3, -0.25) is 4.79 Å². The average molecular weight is 151 g/mol. The molecule has 1 aliphatic rings. The number of carbonyl (C=O) groups is 1. The molecule has 0 aliphatic carbocycles. The summed E-state index contributed by atoms with van der Waals surface area (Å²) in [5, 5.41) is 3.02. The lowest BCUT2D eigenvalue weighted by atomic mass is 10.1. The van der Waals surface area contributed by atoms with Gasteiger partial charge in [0.05, 0.1) is 18.4 Å². The van der Waals surface area contributed by atoms with E-state index in [0.717, 1.165) is 24.3 Å². The Morgan fingerprint density at radius 3 is 3.36 bits per heavy atom. The third-order valence-electron chi connectivity index (χ3n) is 1.86. The molecule has 0 spiro atoms. The van der Waals surface area contributed by atoms with Crippen molar-refractivity contribution in [3.8, 4) is 0 Å².